The summed E-state index contributed by atoms with van der Waals surface area (Å²) in [6.07, 6.45) is 7.12. The maximum atomic E-state index is 2.34. The van der Waals surface area contributed by atoms with E-state index in [1.165, 1.54) is 32.1 Å². The van der Waals surface area contributed by atoms with Crippen LogP contribution in [0.25, 0.3) is 0 Å². The van der Waals surface area contributed by atoms with Crippen LogP contribution in [0.5, 0.6) is 0 Å². The number of hydrogen-bond acceptors (Lipinski definition) is 0. The first-order valence-corrected chi connectivity index (χ1v) is 4.46. The largest absolute Gasteiger partial charge is 2.00 e. The Hall–Kier alpha value is 1.06. The predicted molar refractivity (Wildman–Crippen MR) is 51.5 cm³/mol. The van der Waals surface area contributed by atoms with Gasteiger partial charge in [0.05, 0.1) is 0 Å². The molecule has 0 aromatic carbocycles. The van der Waals surface area contributed by atoms with Gasteiger partial charge in [-0.3, -0.25) is 0 Å². The fraction of sp³-hybridized carbons (Fsp3) is 0.900. The zero-order valence-electron chi connectivity index (χ0n) is 8.62. The summed E-state index contributed by atoms with van der Waals surface area (Å²) in [6, 6.07) is 0. The number of halogens is 1. The van der Waals surface area contributed by atoms with Crippen molar-refractivity contribution in [2.75, 3.05) is 0 Å². The molecule has 12 heavy (non-hydrogen) atoms. The van der Waals surface area contributed by atoms with Crippen LogP contribution in [0.1, 0.15) is 52.9 Å². The summed E-state index contributed by atoms with van der Waals surface area (Å²) in [5.74, 6) is 1.79. The summed E-state index contributed by atoms with van der Waals surface area (Å²) in [4.78, 5) is 0. The minimum absolute atomic E-state index is 0. The Balaban J connectivity index is 0. The molecule has 0 radical (unpaired) electrons. The van der Waals surface area contributed by atoms with Crippen molar-refractivity contribution < 1.29 is 12.4 Å². The maximum absolute atomic E-state index is 2.34. The average Bonchev–Trinajstić information content (AvgIpc) is 1.88. The van der Waals surface area contributed by atoms with Gasteiger partial charge >= 0.3 is 23.1 Å². The van der Waals surface area contributed by atoms with E-state index in [-0.39, 0.29) is 35.5 Å². The van der Waals surface area contributed by atoms with Gasteiger partial charge in [-0.2, -0.15) is 18.3 Å². The zero-order valence-corrected chi connectivity index (χ0v) is 10.8. The molecule has 1 saturated carbocycles. The maximum Gasteiger partial charge on any atom is 2.00 e. The molecule has 1 aliphatic rings. The zero-order chi connectivity index (χ0) is 7.61. The molecular weight excluding hydrogens is 180 g/mol. The van der Waals surface area contributed by atoms with Gasteiger partial charge in [0.1, 0.15) is 0 Å². The number of rotatable bonds is 0. The van der Waals surface area contributed by atoms with E-state index < -0.39 is 0 Å². The molecule has 0 amide bonds. The predicted octanol–water partition coefficient (Wildman–Crippen LogP) is 0.194. The molecule has 0 unspecified atom stereocenters. The molecule has 0 bridgehead atoms. The monoisotopic (exact) mass is 198 g/mol. The first-order chi connectivity index (χ1) is 4.61. The van der Waals surface area contributed by atoms with Crippen LogP contribution in [0.3, 0.4) is 0 Å². The quantitative estimate of drug-likeness (QED) is 0.386. The fourth-order valence-electron chi connectivity index (χ4n) is 1.73. The summed E-state index contributed by atoms with van der Waals surface area (Å²) in [5.41, 5.74) is 0.487. The topological polar surface area (TPSA) is 0 Å². The van der Waals surface area contributed by atoms with Gasteiger partial charge in [-0.1, -0.05) is 40.0 Å². The minimum Gasteiger partial charge on any atom is -1.00 e. The van der Waals surface area contributed by atoms with Gasteiger partial charge in [-0.05, 0) is 0 Å². The van der Waals surface area contributed by atoms with E-state index in [1.807, 2.05) is 0 Å². The summed E-state index contributed by atoms with van der Waals surface area (Å²) in [6.45, 7) is 7.02. The molecule has 0 nitrogen and oxygen atoms in total. The van der Waals surface area contributed by atoms with Crippen molar-refractivity contribution in [2.24, 2.45) is 5.41 Å². The first-order valence-electron chi connectivity index (χ1n) is 4.46. The van der Waals surface area contributed by atoms with E-state index >= 15 is 0 Å². The fourth-order valence-corrected chi connectivity index (χ4v) is 1.73. The molecule has 0 aromatic heterocycles. The van der Waals surface area contributed by atoms with Gasteiger partial charge in [-0.25, -0.2) is 0 Å². The summed E-state index contributed by atoms with van der Waals surface area (Å²) < 4.78 is 0. The van der Waals surface area contributed by atoms with Crippen molar-refractivity contribution in [3.05, 3.63) is 5.92 Å². The minimum atomic E-state index is 0. The molecule has 1 aliphatic carbocycles. The molecule has 2 heteroatoms. The molecule has 0 atom stereocenters. The molecule has 1 fully saturated rings. The Morgan fingerprint density at radius 3 is 1.58 bits per heavy atom. The first kappa shape index (κ1) is 15.5. The van der Waals surface area contributed by atoms with E-state index in [9.17, 15) is 0 Å². The van der Waals surface area contributed by atoms with Crippen LogP contribution in [-0.2, 0) is 0 Å². The van der Waals surface area contributed by atoms with E-state index in [2.05, 4.69) is 20.8 Å². The summed E-state index contributed by atoms with van der Waals surface area (Å²) >= 11 is 0. The van der Waals surface area contributed by atoms with E-state index in [0.717, 1.165) is 0 Å². The van der Waals surface area contributed by atoms with E-state index in [1.54, 1.807) is 5.92 Å². The third-order valence-electron chi connectivity index (χ3n) is 2.52. The van der Waals surface area contributed by atoms with Crippen LogP contribution in [0.4, 0.5) is 0 Å². The Bertz CT molecular complexity index is 101. The van der Waals surface area contributed by atoms with Crippen LogP contribution in [0.2, 0.25) is 0 Å². The number of hydrogen-bond donors (Lipinski definition) is 0. The second-order valence-corrected chi connectivity index (χ2v) is 4.41. The SMILES string of the molecule is CC(C)(C)[C-]1CCCCC1.[Cl-].[Mg+2]. The van der Waals surface area contributed by atoms with Crippen LogP contribution < -0.4 is 12.4 Å². The average molecular weight is 199 g/mol. The third kappa shape index (κ3) is 4.93. The van der Waals surface area contributed by atoms with Crippen molar-refractivity contribution >= 4 is 23.1 Å². The van der Waals surface area contributed by atoms with Gasteiger partial charge in [0.25, 0.3) is 0 Å². The Morgan fingerprint density at radius 2 is 1.33 bits per heavy atom. The van der Waals surface area contributed by atoms with Crippen molar-refractivity contribution in [3.63, 3.8) is 0 Å². The van der Waals surface area contributed by atoms with Crippen LogP contribution in [0.15, 0.2) is 0 Å². The molecule has 68 valence electrons. The van der Waals surface area contributed by atoms with Crippen LogP contribution in [-0.4, -0.2) is 23.1 Å². The van der Waals surface area contributed by atoms with Crippen molar-refractivity contribution in [1.29, 1.82) is 0 Å². The summed E-state index contributed by atoms with van der Waals surface area (Å²) in [7, 11) is 0. The van der Waals surface area contributed by atoms with Gasteiger partial charge in [0.15, 0.2) is 0 Å². The smallest absolute Gasteiger partial charge is 1.00 e. The molecule has 0 aliphatic heterocycles. The molecular formula is C10H19ClMg. The Labute approximate surface area is 99.4 Å². The Kier molecular flexibility index (Phi) is 8.41. The Morgan fingerprint density at radius 1 is 0.917 bits per heavy atom. The van der Waals surface area contributed by atoms with Crippen LogP contribution in [0, 0.1) is 11.3 Å². The van der Waals surface area contributed by atoms with E-state index in [4.69, 9.17) is 0 Å². The van der Waals surface area contributed by atoms with E-state index in [0.29, 0.717) is 5.41 Å². The van der Waals surface area contributed by atoms with Gasteiger partial charge in [0.2, 0.25) is 0 Å². The van der Waals surface area contributed by atoms with Crippen molar-refractivity contribution in [1.82, 2.24) is 0 Å². The molecule has 0 heterocycles. The molecule has 0 spiro atoms. The summed E-state index contributed by atoms with van der Waals surface area (Å²) in [5, 5.41) is 0. The molecule has 0 saturated heterocycles. The normalized spacial score (nSPS) is 19.2. The van der Waals surface area contributed by atoms with Gasteiger partial charge in [-0.15, -0.1) is 0 Å². The second-order valence-electron chi connectivity index (χ2n) is 4.41. The second kappa shape index (κ2) is 6.50. The van der Waals surface area contributed by atoms with Crippen molar-refractivity contribution in [3.8, 4) is 0 Å². The third-order valence-corrected chi connectivity index (χ3v) is 2.52. The van der Waals surface area contributed by atoms with Crippen LogP contribution >= 0.6 is 0 Å². The van der Waals surface area contributed by atoms with Crippen molar-refractivity contribution in [2.45, 2.75) is 52.9 Å². The molecule has 0 aromatic rings. The van der Waals surface area contributed by atoms with Gasteiger partial charge in [0, 0.05) is 0 Å². The molecule has 0 N–H and O–H groups in total. The standard InChI is InChI=1S/C10H19.ClH.Mg/c1-10(2,3)9-7-5-4-6-8-9;;/h4-8H2,1-3H3;1H;/q-1;;+2/p-1. The molecule has 1 rings (SSSR count). The van der Waals surface area contributed by atoms with Gasteiger partial charge < -0.3 is 18.3 Å².